The zero-order chi connectivity index (χ0) is 37.5. The maximum Gasteiger partial charge on any atom is 0.0726 e. The lowest BCUT2D eigenvalue weighted by atomic mass is 9.70. The molecule has 0 saturated carbocycles. The first-order valence-electron chi connectivity index (χ1n) is 19.8. The van der Waals surface area contributed by atoms with E-state index in [4.69, 9.17) is 0 Å². The standard InChI is InChI=1S/C55H36N2/c1-3-15-37(16-4-1)38-27-29-40(30-28-38)56(41-32-34-54-48(35-41)47-22-10-14-26-53(47)57(54)39-17-5-2-6-18-39)42-31-33-46-45-21-9-13-25-51(45)55(52(46)36-42)49-23-11-7-19-43(49)44-20-8-12-24-50(44)55/h1-36H. The third-order valence-corrected chi connectivity index (χ3v) is 12.4. The van der Waals surface area contributed by atoms with Crippen molar-refractivity contribution in [1.82, 2.24) is 4.57 Å². The molecule has 266 valence electrons. The quantitative estimate of drug-likeness (QED) is 0.172. The van der Waals surface area contributed by atoms with Gasteiger partial charge in [-0.3, -0.25) is 0 Å². The summed E-state index contributed by atoms with van der Waals surface area (Å²) in [6, 6.07) is 80.5. The highest BCUT2D eigenvalue weighted by Crippen LogP contribution is 2.63. The average molecular weight is 725 g/mol. The zero-order valence-electron chi connectivity index (χ0n) is 31.2. The van der Waals surface area contributed by atoms with Crippen LogP contribution in [0, 0.1) is 0 Å². The van der Waals surface area contributed by atoms with Gasteiger partial charge in [-0.15, -0.1) is 0 Å². The number of hydrogen-bond acceptors (Lipinski definition) is 1. The van der Waals surface area contributed by atoms with Crippen molar-refractivity contribution >= 4 is 38.9 Å². The first kappa shape index (κ1) is 31.9. The minimum absolute atomic E-state index is 0.426. The van der Waals surface area contributed by atoms with Crippen molar-refractivity contribution in [2.45, 2.75) is 5.41 Å². The molecular formula is C55H36N2. The highest BCUT2D eigenvalue weighted by molar-refractivity contribution is 6.11. The molecule has 0 amide bonds. The topological polar surface area (TPSA) is 8.17 Å². The molecule has 0 fully saturated rings. The van der Waals surface area contributed by atoms with Crippen molar-refractivity contribution in [3.8, 4) is 39.1 Å². The molecule has 0 radical (unpaired) electrons. The summed E-state index contributed by atoms with van der Waals surface area (Å²) in [6.45, 7) is 0. The molecule has 0 aliphatic heterocycles. The first-order valence-corrected chi connectivity index (χ1v) is 19.8. The Morgan fingerprint density at radius 2 is 0.789 bits per heavy atom. The fraction of sp³-hybridized carbons (Fsp3) is 0.0182. The molecule has 2 aliphatic rings. The first-order chi connectivity index (χ1) is 28.3. The predicted octanol–water partition coefficient (Wildman–Crippen LogP) is 14.3. The Bertz CT molecular complexity index is 3110. The van der Waals surface area contributed by atoms with Crippen LogP contribution in [0.1, 0.15) is 22.3 Å². The van der Waals surface area contributed by atoms with Gasteiger partial charge in [0.2, 0.25) is 0 Å². The van der Waals surface area contributed by atoms with Crippen LogP contribution in [0.5, 0.6) is 0 Å². The van der Waals surface area contributed by atoms with Crippen molar-refractivity contribution in [3.05, 3.63) is 241 Å². The molecular weight excluding hydrogens is 689 g/mol. The number of anilines is 3. The van der Waals surface area contributed by atoms with E-state index in [0.717, 1.165) is 22.7 Å². The van der Waals surface area contributed by atoms with Crippen molar-refractivity contribution < 1.29 is 0 Å². The zero-order valence-corrected chi connectivity index (χ0v) is 31.2. The van der Waals surface area contributed by atoms with Crippen LogP contribution in [0.15, 0.2) is 218 Å². The molecule has 12 rings (SSSR count). The lowest BCUT2D eigenvalue weighted by molar-refractivity contribution is 0.793. The van der Waals surface area contributed by atoms with E-state index in [0.29, 0.717) is 0 Å². The maximum atomic E-state index is 2.48. The molecule has 0 unspecified atom stereocenters. The van der Waals surface area contributed by atoms with Crippen LogP contribution in [0.2, 0.25) is 0 Å². The van der Waals surface area contributed by atoms with Gasteiger partial charge in [-0.2, -0.15) is 0 Å². The largest absolute Gasteiger partial charge is 0.310 e. The van der Waals surface area contributed by atoms with Gasteiger partial charge >= 0.3 is 0 Å². The molecule has 2 heteroatoms. The van der Waals surface area contributed by atoms with Crippen LogP contribution < -0.4 is 4.90 Å². The lowest BCUT2D eigenvalue weighted by Crippen LogP contribution is -2.26. The van der Waals surface area contributed by atoms with E-state index in [2.05, 4.69) is 228 Å². The average Bonchev–Trinajstić information content (AvgIpc) is 3.89. The van der Waals surface area contributed by atoms with Crippen LogP contribution >= 0.6 is 0 Å². The van der Waals surface area contributed by atoms with E-state index >= 15 is 0 Å². The Hall–Kier alpha value is -7.42. The summed E-state index contributed by atoms with van der Waals surface area (Å²) in [5.74, 6) is 0. The van der Waals surface area contributed by atoms with Gasteiger partial charge in [0.25, 0.3) is 0 Å². The maximum absolute atomic E-state index is 2.48. The van der Waals surface area contributed by atoms with Gasteiger partial charge in [0.05, 0.1) is 16.4 Å². The second kappa shape index (κ2) is 12.3. The van der Waals surface area contributed by atoms with E-state index in [1.807, 2.05) is 0 Å². The van der Waals surface area contributed by atoms with Crippen molar-refractivity contribution in [3.63, 3.8) is 0 Å². The highest BCUT2D eigenvalue weighted by Gasteiger charge is 2.51. The number of fused-ring (bicyclic) bond motifs is 13. The fourth-order valence-electron chi connectivity index (χ4n) is 10.1. The number of rotatable bonds is 5. The normalized spacial score (nSPS) is 13.1. The van der Waals surface area contributed by atoms with Crippen LogP contribution in [-0.2, 0) is 5.41 Å². The minimum atomic E-state index is -0.426. The number of para-hydroxylation sites is 2. The molecule has 0 saturated heterocycles. The van der Waals surface area contributed by atoms with Crippen LogP contribution in [0.4, 0.5) is 17.1 Å². The van der Waals surface area contributed by atoms with Crippen molar-refractivity contribution in [2.75, 3.05) is 4.90 Å². The van der Waals surface area contributed by atoms with Gasteiger partial charge in [-0.1, -0.05) is 158 Å². The Kier molecular flexibility index (Phi) is 6.88. The van der Waals surface area contributed by atoms with Crippen LogP contribution in [0.3, 0.4) is 0 Å². The smallest absolute Gasteiger partial charge is 0.0726 e. The molecule has 0 N–H and O–H groups in total. The highest BCUT2D eigenvalue weighted by atomic mass is 15.1. The van der Waals surface area contributed by atoms with Crippen LogP contribution in [-0.4, -0.2) is 4.57 Å². The molecule has 0 bridgehead atoms. The summed E-state index contributed by atoms with van der Waals surface area (Å²) in [5, 5.41) is 2.46. The van der Waals surface area contributed by atoms with E-state index in [9.17, 15) is 0 Å². The van der Waals surface area contributed by atoms with Crippen molar-refractivity contribution in [1.29, 1.82) is 0 Å². The van der Waals surface area contributed by atoms with Gasteiger partial charge in [-0.05, 0) is 116 Å². The molecule has 1 heterocycles. The van der Waals surface area contributed by atoms with Crippen LogP contribution in [0.25, 0.3) is 60.9 Å². The van der Waals surface area contributed by atoms with E-state index < -0.39 is 5.41 Å². The SMILES string of the molecule is c1ccc(-c2ccc(N(c3ccc4c(c3)C3(c5ccccc5-c5ccccc53)c3ccccc3-4)c3ccc4c(c3)c3ccccc3n4-c3ccccc3)cc2)cc1. The molecule has 2 aliphatic carbocycles. The van der Waals surface area contributed by atoms with Gasteiger partial charge in [0.1, 0.15) is 0 Å². The van der Waals surface area contributed by atoms with E-state index in [1.165, 1.54) is 77.4 Å². The molecule has 1 spiro atoms. The molecule has 0 atom stereocenters. The van der Waals surface area contributed by atoms with E-state index in [-0.39, 0.29) is 0 Å². The number of aromatic nitrogens is 1. The monoisotopic (exact) mass is 724 g/mol. The Morgan fingerprint density at radius 3 is 1.46 bits per heavy atom. The Labute approximate surface area is 332 Å². The molecule has 1 aromatic heterocycles. The third-order valence-electron chi connectivity index (χ3n) is 12.4. The fourth-order valence-corrected chi connectivity index (χ4v) is 10.1. The number of benzene rings is 9. The summed E-state index contributed by atoms with van der Waals surface area (Å²) in [4.78, 5) is 2.45. The predicted molar refractivity (Wildman–Crippen MR) is 237 cm³/mol. The van der Waals surface area contributed by atoms with Gasteiger partial charge in [-0.25, -0.2) is 0 Å². The summed E-state index contributed by atoms with van der Waals surface area (Å²) >= 11 is 0. The molecule has 9 aromatic carbocycles. The Balaban J connectivity index is 1.11. The second-order valence-corrected chi connectivity index (χ2v) is 15.3. The molecule has 2 nitrogen and oxygen atoms in total. The lowest BCUT2D eigenvalue weighted by Gasteiger charge is -2.32. The van der Waals surface area contributed by atoms with Gasteiger partial charge < -0.3 is 9.47 Å². The molecule has 10 aromatic rings. The van der Waals surface area contributed by atoms with Crippen molar-refractivity contribution in [2.24, 2.45) is 0 Å². The summed E-state index contributed by atoms with van der Waals surface area (Å²) in [5.41, 5.74) is 19.5. The molecule has 57 heavy (non-hydrogen) atoms. The summed E-state index contributed by atoms with van der Waals surface area (Å²) in [6.07, 6.45) is 0. The van der Waals surface area contributed by atoms with Gasteiger partial charge in [0, 0.05) is 33.5 Å². The second-order valence-electron chi connectivity index (χ2n) is 15.3. The number of nitrogens with zero attached hydrogens (tertiary/aromatic N) is 2. The minimum Gasteiger partial charge on any atom is -0.310 e. The number of hydrogen-bond donors (Lipinski definition) is 0. The third kappa shape index (κ3) is 4.53. The van der Waals surface area contributed by atoms with E-state index in [1.54, 1.807) is 0 Å². The summed E-state index contributed by atoms with van der Waals surface area (Å²) in [7, 11) is 0. The van der Waals surface area contributed by atoms with Gasteiger partial charge in [0.15, 0.2) is 0 Å². The Morgan fingerprint density at radius 1 is 0.316 bits per heavy atom. The summed E-state index contributed by atoms with van der Waals surface area (Å²) < 4.78 is 2.39.